The number of amides is 1. The average Bonchev–Trinajstić information content (AvgIpc) is 3.14. The topological polar surface area (TPSA) is 121 Å². The highest BCUT2D eigenvalue weighted by molar-refractivity contribution is 7.89. The predicted octanol–water partition coefficient (Wildman–Crippen LogP) is 3.76. The maximum absolute atomic E-state index is 14.3. The molecule has 30 heavy (non-hydrogen) atoms. The van der Waals surface area contributed by atoms with Crippen LogP contribution < -0.4 is 19.9 Å². The molecule has 3 N–H and O–H groups in total. The Hall–Kier alpha value is -3.02. The zero-order valence-corrected chi connectivity index (χ0v) is 17.6. The van der Waals surface area contributed by atoms with Crippen LogP contribution in [0.1, 0.15) is 24.2 Å². The van der Waals surface area contributed by atoms with Gasteiger partial charge >= 0.3 is 0 Å². The van der Waals surface area contributed by atoms with Crippen molar-refractivity contribution in [2.24, 2.45) is 5.14 Å². The van der Waals surface area contributed by atoms with Crippen LogP contribution in [0.25, 0.3) is 0 Å². The highest BCUT2D eigenvalue weighted by Crippen LogP contribution is 2.31. The molecule has 158 valence electrons. The van der Waals surface area contributed by atoms with Gasteiger partial charge in [-0.15, -0.1) is 11.3 Å². The quantitative estimate of drug-likeness (QED) is 0.564. The molecule has 8 nitrogen and oxygen atoms in total. The van der Waals surface area contributed by atoms with Crippen LogP contribution in [0, 0.1) is 5.82 Å². The third kappa shape index (κ3) is 5.53. The number of thiazole rings is 1. The lowest BCUT2D eigenvalue weighted by Crippen LogP contribution is -2.13. The summed E-state index contributed by atoms with van der Waals surface area (Å²) in [5, 5.41) is 9.79. The van der Waals surface area contributed by atoms with E-state index in [9.17, 15) is 17.6 Å². The van der Waals surface area contributed by atoms with E-state index in [-0.39, 0.29) is 28.1 Å². The third-order valence-electron chi connectivity index (χ3n) is 3.63. The van der Waals surface area contributed by atoms with Crippen LogP contribution in [-0.4, -0.2) is 25.4 Å². The third-order valence-corrected chi connectivity index (χ3v) is 5.23. The largest absolute Gasteiger partial charge is 0.491 e. The number of sulfonamides is 1. The van der Waals surface area contributed by atoms with Gasteiger partial charge in [-0.3, -0.25) is 10.1 Å². The van der Waals surface area contributed by atoms with E-state index in [1.807, 2.05) is 13.8 Å². The van der Waals surface area contributed by atoms with Crippen molar-refractivity contribution in [2.45, 2.75) is 24.8 Å². The Bertz CT molecular complexity index is 1160. The molecule has 0 aliphatic rings. The van der Waals surface area contributed by atoms with Gasteiger partial charge in [0, 0.05) is 23.2 Å². The fourth-order valence-electron chi connectivity index (χ4n) is 2.42. The Balaban J connectivity index is 1.92. The fourth-order valence-corrected chi connectivity index (χ4v) is 3.47. The summed E-state index contributed by atoms with van der Waals surface area (Å²) in [5.41, 5.74) is 0.208. The number of aromatic nitrogens is 1. The number of primary sulfonamides is 1. The van der Waals surface area contributed by atoms with Crippen molar-refractivity contribution in [1.29, 1.82) is 0 Å². The molecule has 0 aliphatic carbocycles. The fraction of sp³-hybridized carbons (Fsp3) is 0.158. The Labute approximate surface area is 176 Å². The highest BCUT2D eigenvalue weighted by Gasteiger charge is 2.16. The van der Waals surface area contributed by atoms with Crippen molar-refractivity contribution in [2.75, 3.05) is 5.32 Å². The van der Waals surface area contributed by atoms with E-state index in [0.29, 0.717) is 10.9 Å². The number of benzene rings is 2. The second-order valence-corrected chi connectivity index (χ2v) is 8.85. The van der Waals surface area contributed by atoms with Gasteiger partial charge in [0.15, 0.2) is 16.7 Å². The first-order valence-corrected chi connectivity index (χ1v) is 11.1. The molecule has 11 heteroatoms. The van der Waals surface area contributed by atoms with E-state index in [2.05, 4.69) is 10.3 Å². The summed E-state index contributed by atoms with van der Waals surface area (Å²) in [6, 6.07) is 7.44. The zero-order chi connectivity index (χ0) is 21.9. The summed E-state index contributed by atoms with van der Waals surface area (Å²) in [6.45, 7) is 3.63. The first kappa shape index (κ1) is 21.7. The normalized spacial score (nSPS) is 11.4. The number of rotatable bonds is 7. The number of ether oxygens (including phenoxy) is 2. The molecule has 3 rings (SSSR count). The molecule has 1 amide bonds. The van der Waals surface area contributed by atoms with Crippen LogP contribution in [-0.2, 0) is 10.0 Å². The summed E-state index contributed by atoms with van der Waals surface area (Å²) in [7, 11) is -4.05. The van der Waals surface area contributed by atoms with Gasteiger partial charge < -0.3 is 9.47 Å². The molecule has 0 saturated heterocycles. The maximum Gasteiger partial charge on any atom is 0.257 e. The number of nitrogens with two attached hydrogens (primary N) is 1. The molecule has 0 aliphatic heterocycles. The van der Waals surface area contributed by atoms with Gasteiger partial charge in [-0.05, 0) is 44.2 Å². The molecular formula is C19H18FN3O5S2. The van der Waals surface area contributed by atoms with Crippen LogP contribution in [0.2, 0.25) is 0 Å². The van der Waals surface area contributed by atoms with E-state index in [0.717, 1.165) is 18.2 Å². The lowest BCUT2D eigenvalue weighted by molar-refractivity contribution is 0.102. The summed E-state index contributed by atoms with van der Waals surface area (Å²) in [6.07, 6.45) is 1.38. The van der Waals surface area contributed by atoms with Crippen molar-refractivity contribution < 1.29 is 27.1 Å². The van der Waals surface area contributed by atoms with E-state index in [4.69, 9.17) is 14.6 Å². The molecule has 3 aromatic rings. The molecule has 0 radical (unpaired) electrons. The van der Waals surface area contributed by atoms with E-state index in [1.165, 1.54) is 29.5 Å². The number of anilines is 1. The Morgan fingerprint density at radius 1 is 1.20 bits per heavy atom. The van der Waals surface area contributed by atoms with Crippen molar-refractivity contribution >= 4 is 32.4 Å². The number of halogens is 1. The van der Waals surface area contributed by atoms with Crippen LogP contribution in [0.3, 0.4) is 0 Å². The molecule has 2 aromatic carbocycles. The Morgan fingerprint density at radius 2 is 1.93 bits per heavy atom. The molecular weight excluding hydrogens is 433 g/mol. The maximum atomic E-state index is 14.3. The van der Waals surface area contributed by atoms with Crippen molar-refractivity contribution in [3.05, 3.63) is 59.4 Å². The summed E-state index contributed by atoms with van der Waals surface area (Å²) in [4.78, 5) is 16.2. The Kier molecular flexibility index (Phi) is 6.34. The predicted molar refractivity (Wildman–Crippen MR) is 110 cm³/mol. The highest BCUT2D eigenvalue weighted by atomic mass is 32.2. The molecule has 0 bridgehead atoms. The smallest absolute Gasteiger partial charge is 0.257 e. The zero-order valence-electron chi connectivity index (χ0n) is 16.0. The molecule has 0 atom stereocenters. The van der Waals surface area contributed by atoms with Gasteiger partial charge in [0.05, 0.1) is 11.0 Å². The number of hydrogen-bond donors (Lipinski definition) is 2. The molecule has 0 saturated carbocycles. The van der Waals surface area contributed by atoms with Gasteiger partial charge in [-0.25, -0.2) is 22.9 Å². The second kappa shape index (κ2) is 8.78. The minimum Gasteiger partial charge on any atom is -0.491 e. The molecule has 1 aromatic heterocycles. The van der Waals surface area contributed by atoms with E-state index in [1.54, 1.807) is 11.6 Å². The second-order valence-electron chi connectivity index (χ2n) is 6.39. The lowest BCUT2D eigenvalue weighted by atomic mass is 10.2. The van der Waals surface area contributed by atoms with E-state index < -0.39 is 21.7 Å². The van der Waals surface area contributed by atoms with Gasteiger partial charge in [-0.2, -0.15) is 0 Å². The monoisotopic (exact) mass is 451 g/mol. The molecule has 0 spiro atoms. The van der Waals surface area contributed by atoms with Crippen molar-refractivity contribution in [3.63, 3.8) is 0 Å². The number of carbonyl (C=O) groups excluding carboxylic acids is 1. The van der Waals surface area contributed by atoms with Crippen LogP contribution in [0.5, 0.6) is 17.2 Å². The molecule has 1 heterocycles. The van der Waals surface area contributed by atoms with E-state index >= 15 is 0 Å². The van der Waals surface area contributed by atoms with Crippen molar-refractivity contribution in [3.8, 4) is 17.2 Å². The van der Waals surface area contributed by atoms with Gasteiger partial charge in [-0.1, -0.05) is 0 Å². The number of nitrogens with zero attached hydrogens (tertiary/aromatic N) is 1. The average molecular weight is 452 g/mol. The minimum atomic E-state index is -4.05. The number of hydrogen-bond acceptors (Lipinski definition) is 7. The van der Waals surface area contributed by atoms with Gasteiger partial charge in [0.1, 0.15) is 11.5 Å². The molecule has 0 fully saturated rings. The first-order chi connectivity index (χ1) is 14.1. The van der Waals surface area contributed by atoms with Crippen LogP contribution >= 0.6 is 11.3 Å². The van der Waals surface area contributed by atoms with Gasteiger partial charge in [0.2, 0.25) is 10.0 Å². The summed E-state index contributed by atoms with van der Waals surface area (Å²) in [5.74, 6) is -1.15. The first-order valence-electron chi connectivity index (χ1n) is 8.64. The number of carbonyl (C=O) groups is 1. The number of nitrogens with one attached hydrogen (secondary N) is 1. The SMILES string of the molecule is CC(C)Oc1cc(Oc2ccc(S(N)(=O)=O)cc2F)cc(C(=O)Nc2nccs2)c1. The molecule has 0 unspecified atom stereocenters. The summed E-state index contributed by atoms with van der Waals surface area (Å²) < 4.78 is 48.2. The van der Waals surface area contributed by atoms with Crippen molar-refractivity contribution in [1.82, 2.24) is 4.98 Å². The van der Waals surface area contributed by atoms with Crippen LogP contribution in [0.15, 0.2) is 52.9 Å². The lowest BCUT2D eigenvalue weighted by Gasteiger charge is -2.14. The standard InChI is InChI=1S/C19H18FN3O5S2/c1-11(2)27-13-7-12(18(24)23-19-22-5-6-29-19)8-14(9-13)28-17-4-3-15(10-16(17)20)30(21,25)26/h3-11H,1-2H3,(H2,21,25,26)(H,22,23,24). The van der Waals surface area contributed by atoms with Gasteiger partial charge in [0.25, 0.3) is 5.91 Å². The summed E-state index contributed by atoms with van der Waals surface area (Å²) >= 11 is 1.26. The van der Waals surface area contributed by atoms with Crippen LogP contribution in [0.4, 0.5) is 9.52 Å². The minimum absolute atomic E-state index is 0.125. The Morgan fingerprint density at radius 3 is 2.53 bits per heavy atom.